The quantitative estimate of drug-likeness (QED) is 0.458. The lowest BCUT2D eigenvalue weighted by molar-refractivity contribution is -0.384. The van der Waals surface area contributed by atoms with Crippen LogP contribution < -0.4 is 10.8 Å². The third-order valence-electron chi connectivity index (χ3n) is 2.32. The summed E-state index contributed by atoms with van der Waals surface area (Å²) in [5.74, 6) is 0. The molecule has 1 heterocycles. The van der Waals surface area contributed by atoms with Gasteiger partial charge in [0.2, 0.25) is 0 Å². The predicted molar refractivity (Wildman–Crippen MR) is 63.3 cm³/mol. The van der Waals surface area contributed by atoms with Crippen LogP contribution in [-0.4, -0.2) is 24.8 Å². The minimum Gasteiger partial charge on any atom is -0.382 e. The van der Waals surface area contributed by atoms with Crippen LogP contribution in [0.3, 0.4) is 0 Å². The monoisotopic (exact) mass is 213 g/mol. The summed E-state index contributed by atoms with van der Waals surface area (Å²) in [6.45, 7) is 0. The zero-order chi connectivity index (χ0) is 11.7. The second kappa shape index (κ2) is 3.81. The molecule has 0 bridgehead atoms. The fourth-order valence-electron chi connectivity index (χ4n) is 1.60. The number of nitrogens with one attached hydrogen (secondary N) is 1. The Morgan fingerprint density at radius 2 is 2.25 bits per heavy atom. The molecule has 2 rings (SSSR count). The number of benzene rings is 1. The predicted octanol–water partition coefficient (Wildman–Crippen LogP) is 0.978. The highest BCUT2D eigenvalue weighted by molar-refractivity contribution is 6.33. The molecule has 0 aliphatic heterocycles. The topological polar surface area (TPSA) is 68.1 Å². The van der Waals surface area contributed by atoms with E-state index in [1.807, 2.05) is 0 Å². The first-order chi connectivity index (χ1) is 7.63. The molecular weight excluding hydrogens is 205 g/mol. The van der Waals surface area contributed by atoms with E-state index in [0.29, 0.717) is 22.1 Å². The Morgan fingerprint density at radius 1 is 1.50 bits per heavy atom. The number of anilines is 1. The van der Waals surface area contributed by atoms with Crippen LogP contribution in [0.25, 0.3) is 10.9 Å². The molecule has 6 heteroatoms. The molecule has 0 spiro atoms. The number of fused-ring (bicyclic) bond motifs is 1. The van der Waals surface area contributed by atoms with Crippen molar-refractivity contribution in [1.29, 1.82) is 0 Å². The molecule has 2 radical (unpaired) electrons. The Morgan fingerprint density at radius 3 is 2.88 bits per heavy atom. The number of rotatable bonds is 2. The van der Waals surface area contributed by atoms with E-state index >= 15 is 0 Å². The summed E-state index contributed by atoms with van der Waals surface area (Å²) in [6.07, 6.45) is 1.24. The second-order valence-electron chi connectivity index (χ2n) is 3.30. The average molecular weight is 213 g/mol. The van der Waals surface area contributed by atoms with Gasteiger partial charge in [-0.15, -0.1) is 0 Å². The SMILES string of the molecule is [B]c1ccc2ncc([N+](=O)[O-])c(NC)c2c1. The molecule has 0 aliphatic rings. The summed E-state index contributed by atoms with van der Waals surface area (Å²) in [4.78, 5) is 14.3. The highest BCUT2D eigenvalue weighted by atomic mass is 16.6. The Hall–Kier alpha value is -2.11. The molecule has 1 aromatic carbocycles. The van der Waals surface area contributed by atoms with Crippen LogP contribution in [0, 0.1) is 10.1 Å². The van der Waals surface area contributed by atoms with Crippen LogP contribution in [0.5, 0.6) is 0 Å². The van der Waals surface area contributed by atoms with Gasteiger partial charge in [-0.05, 0) is 6.07 Å². The largest absolute Gasteiger partial charge is 0.382 e. The molecule has 2 aromatic rings. The lowest BCUT2D eigenvalue weighted by Crippen LogP contribution is -2.04. The maximum absolute atomic E-state index is 10.8. The smallest absolute Gasteiger partial charge is 0.311 e. The Kier molecular flexibility index (Phi) is 2.48. The molecule has 78 valence electrons. The summed E-state index contributed by atoms with van der Waals surface area (Å²) in [5, 5.41) is 14.3. The first-order valence-corrected chi connectivity index (χ1v) is 4.64. The van der Waals surface area contributed by atoms with E-state index in [-0.39, 0.29) is 5.69 Å². The van der Waals surface area contributed by atoms with Crippen molar-refractivity contribution in [3.05, 3.63) is 34.5 Å². The Labute approximate surface area is 93.1 Å². The van der Waals surface area contributed by atoms with Crippen molar-refractivity contribution in [2.45, 2.75) is 0 Å². The van der Waals surface area contributed by atoms with Crippen molar-refractivity contribution in [1.82, 2.24) is 4.98 Å². The van der Waals surface area contributed by atoms with Crippen LogP contribution in [0.1, 0.15) is 0 Å². The average Bonchev–Trinajstić information content (AvgIpc) is 2.27. The van der Waals surface area contributed by atoms with Crippen molar-refractivity contribution < 1.29 is 4.92 Å². The molecule has 0 saturated carbocycles. The third kappa shape index (κ3) is 1.58. The molecule has 1 aromatic heterocycles. The normalized spacial score (nSPS) is 10.3. The van der Waals surface area contributed by atoms with Gasteiger partial charge < -0.3 is 5.32 Å². The number of hydrogen-bond acceptors (Lipinski definition) is 4. The van der Waals surface area contributed by atoms with E-state index in [4.69, 9.17) is 7.85 Å². The van der Waals surface area contributed by atoms with Crippen LogP contribution in [0.2, 0.25) is 0 Å². The summed E-state index contributed by atoms with van der Waals surface area (Å²) >= 11 is 0. The second-order valence-corrected chi connectivity index (χ2v) is 3.30. The first kappa shape index (κ1) is 10.4. The molecule has 5 nitrogen and oxygen atoms in total. The van der Waals surface area contributed by atoms with Crippen molar-refractivity contribution in [3.63, 3.8) is 0 Å². The van der Waals surface area contributed by atoms with Crippen LogP contribution in [-0.2, 0) is 0 Å². The van der Waals surface area contributed by atoms with Crippen LogP contribution in [0.15, 0.2) is 24.4 Å². The van der Waals surface area contributed by atoms with Crippen molar-refractivity contribution in [2.24, 2.45) is 0 Å². The summed E-state index contributed by atoms with van der Waals surface area (Å²) in [5.41, 5.74) is 1.60. The van der Waals surface area contributed by atoms with E-state index in [1.54, 1.807) is 25.2 Å². The lowest BCUT2D eigenvalue weighted by atomic mass is 9.94. The molecule has 0 saturated heterocycles. The van der Waals surface area contributed by atoms with Gasteiger partial charge in [0.15, 0.2) is 0 Å². The number of hydrogen-bond donors (Lipinski definition) is 1. The Balaban J connectivity index is 2.83. The molecule has 0 atom stereocenters. The van der Waals surface area contributed by atoms with Gasteiger partial charge in [0.1, 0.15) is 19.7 Å². The molecule has 16 heavy (non-hydrogen) atoms. The third-order valence-corrected chi connectivity index (χ3v) is 2.32. The number of aromatic nitrogens is 1. The van der Waals surface area contributed by atoms with E-state index in [2.05, 4.69) is 10.3 Å². The molecule has 0 aliphatic carbocycles. The number of nitrogens with zero attached hydrogens (tertiary/aromatic N) is 2. The van der Waals surface area contributed by atoms with E-state index in [0.717, 1.165) is 0 Å². The standard InChI is InChI=1S/C10H8BN3O2/c1-12-10-7-4-6(11)2-3-8(7)13-5-9(10)14(15)16/h2-5H,1H3,(H,12,13). The maximum atomic E-state index is 10.8. The zero-order valence-corrected chi connectivity index (χ0v) is 8.60. The Bertz CT molecular complexity index is 571. The first-order valence-electron chi connectivity index (χ1n) is 4.64. The summed E-state index contributed by atoms with van der Waals surface area (Å²) in [6, 6.07) is 5.11. The fourth-order valence-corrected chi connectivity index (χ4v) is 1.60. The van der Waals surface area contributed by atoms with Crippen LogP contribution >= 0.6 is 0 Å². The van der Waals surface area contributed by atoms with Gasteiger partial charge in [0, 0.05) is 12.4 Å². The van der Waals surface area contributed by atoms with E-state index in [9.17, 15) is 10.1 Å². The number of nitro groups is 1. The van der Waals surface area contributed by atoms with Gasteiger partial charge in [-0.1, -0.05) is 17.6 Å². The van der Waals surface area contributed by atoms with E-state index in [1.165, 1.54) is 6.20 Å². The molecule has 0 unspecified atom stereocenters. The van der Waals surface area contributed by atoms with Gasteiger partial charge in [-0.25, -0.2) is 4.98 Å². The molecule has 0 amide bonds. The zero-order valence-electron chi connectivity index (χ0n) is 8.60. The van der Waals surface area contributed by atoms with Crippen LogP contribution in [0.4, 0.5) is 11.4 Å². The number of pyridine rings is 1. The van der Waals surface area contributed by atoms with Gasteiger partial charge in [0.05, 0.1) is 10.4 Å². The molecular formula is C10H8BN3O2. The lowest BCUT2D eigenvalue weighted by Gasteiger charge is -2.06. The van der Waals surface area contributed by atoms with Crippen molar-refractivity contribution in [2.75, 3.05) is 12.4 Å². The van der Waals surface area contributed by atoms with Gasteiger partial charge >= 0.3 is 5.69 Å². The molecule has 1 N–H and O–H groups in total. The fraction of sp³-hybridized carbons (Fsp3) is 0.100. The highest BCUT2D eigenvalue weighted by Gasteiger charge is 2.16. The maximum Gasteiger partial charge on any atom is 0.311 e. The minimum absolute atomic E-state index is 0.0550. The van der Waals surface area contributed by atoms with Crippen molar-refractivity contribution in [3.8, 4) is 0 Å². The van der Waals surface area contributed by atoms with Gasteiger partial charge in [-0.2, -0.15) is 0 Å². The van der Waals surface area contributed by atoms with Gasteiger partial charge in [-0.3, -0.25) is 10.1 Å². The van der Waals surface area contributed by atoms with E-state index < -0.39 is 4.92 Å². The minimum atomic E-state index is -0.471. The van der Waals surface area contributed by atoms with Crippen molar-refractivity contribution >= 4 is 35.6 Å². The summed E-state index contributed by atoms with van der Waals surface area (Å²) < 4.78 is 0. The molecule has 0 fully saturated rings. The highest BCUT2D eigenvalue weighted by Crippen LogP contribution is 2.30. The summed E-state index contributed by atoms with van der Waals surface area (Å²) in [7, 11) is 7.28. The van der Waals surface area contributed by atoms with Gasteiger partial charge in [0.25, 0.3) is 0 Å².